The molecule has 1 heterocycles. The van der Waals surface area contributed by atoms with Crippen LogP contribution in [-0.4, -0.2) is 36.9 Å². The molecule has 0 radical (unpaired) electrons. The van der Waals surface area contributed by atoms with Crippen molar-refractivity contribution in [3.63, 3.8) is 0 Å². The van der Waals surface area contributed by atoms with E-state index in [0.29, 0.717) is 25.9 Å². The molecule has 1 aliphatic rings. The van der Waals surface area contributed by atoms with Crippen LogP contribution in [0.25, 0.3) is 6.08 Å². The number of amides is 2. The number of hydrogen-bond acceptors (Lipinski definition) is 2. The molecule has 0 N–H and O–H groups in total. The van der Waals surface area contributed by atoms with Crippen LogP contribution in [0, 0.1) is 5.92 Å². The molecule has 0 atom stereocenters. The van der Waals surface area contributed by atoms with E-state index < -0.39 is 0 Å². The van der Waals surface area contributed by atoms with Gasteiger partial charge in [-0.3, -0.25) is 9.59 Å². The van der Waals surface area contributed by atoms with Gasteiger partial charge in [-0.1, -0.05) is 48.5 Å². The van der Waals surface area contributed by atoms with Crippen LogP contribution in [0.1, 0.15) is 18.4 Å². The van der Waals surface area contributed by atoms with Gasteiger partial charge in [0.2, 0.25) is 11.8 Å². The van der Waals surface area contributed by atoms with Crippen LogP contribution >= 0.6 is 0 Å². The second kappa shape index (κ2) is 8.48. The molecule has 1 aliphatic heterocycles. The summed E-state index contributed by atoms with van der Waals surface area (Å²) >= 11 is 0. The van der Waals surface area contributed by atoms with Crippen LogP contribution in [0.15, 0.2) is 66.7 Å². The number of benzene rings is 2. The zero-order chi connectivity index (χ0) is 18.4. The number of anilines is 1. The van der Waals surface area contributed by atoms with E-state index in [0.717, 1.165) is 11.3 Å². The van der Waals surface area contributed by atoms with Crippen LogP contribution in [0.4, 0.5) is 5.69 Å². The summed E-state index contributed by atoms with van der Waals surface area (Å²) in [7, 11) is 1.82. The Morgan fingerprint density at radius 2 is 1.54 bits per heavy atom. The molecule has 0 spiro atoms. The standard InChI is InChI=1S/C22H24N2O2/c1-23(20-10-6-3-7-11-20)22(26)19-14-16-24(17-15-19)21(25)13-12-18-8-4-2-5-9-18/h2-13,19H,14-17H2,1H3/b13-12+. The summed E-state index contributed by atoms with van der Waals surface area (Å²) in [6, 6.07) is 19.5. The lowest BCUT2D eigenvalue weighted by molar-refractivity contribution is -0.130. The first kappa shape index (κ1) is 17.9. The monoisotopic (exact) mass is 348 g/mol. The average Bonchev–Trinajstić information content (AvgIpc) is 2.72. The molecule has 0 saturated carbocycles. The average molecular weight is 348 g/mol. The summed E-state index contributed by atoms with van der Waals surface area (Å²) in [5.41, 5.74) is 1.91. The van der Waals surface area contributed by atoms with Gasteiger partial charge in [0.1, 0.15) is 0 Å². The number of piperidine rings is 1. The summed E-state index contributed by atoms with van der Waals surface area (Å²) in [4.78, 5) is 28.6. The van der Waals surface area contributed by atoms with Crippen LogP contribution < -0.4 is 4.90 Å². The lowest BCUT2D eigenvalue weighted by Gasteiger charge is -2.32. The number of nitrogens with zero attached hydrogens (tertiary/aromatic N) is 2. The largest absolute Gasteiger partial charge is 0.339 e. The fourth-order valence-corrected chi connectivity index (χ4v) is 3.24. The van der Waals surface area contributed by atoms with Gasteiger partial charge in [0.25, 0.3) is 0 Å². The topological polar surface area (TPSA) is 40.6 Å². The summed E-state index contributed by atoms with van der Waals surface area (Å²) < 4.78 is 0. The van der Waals surface area contributed by atoms with Crippen molar-refractivity contribution >= 4 is 23.6 Å². The van der Waals surface area contributed by atoms with Gasteiger partial charge in [-0.25, -0.2) is 0 Å². The summed E-state index contributed by atoms with van der Waals surface area (Å²) in [5, 5.41) is 0. The van der Waals surface area contributed by atoms with Gasteiger partial charge < -0.3 is 9.80 Å². The fraction of sp³-hybridized carbons (Fsp3) is 0.273. The first-order valence-corrected chi connectivity index (χ1v) is 9.00. The maximum atomic E-state index is 12.7. The van der Waals surface area contributed by atoms with Crippen LogP contribution in [0.2, 0.25) is 0 Å². The highest BCUT2D eigenvalue weighted by molar-refractivity contribution is 5.95. The number of hydrogen-bond donors (Lipinski definition) is 0. The molecular weight excluding hydrogens is 324 g/mol. The molecule has 0 aromatic heterocycles. The molecule has 26 heavy (non-hydrogen) atoms. The number of para-hydroxylation sites is 1. The maximum Gasteiger partial charge on any atom is 0.246 e. The predicted molar refractivity (Wildman–Crippen MR) is 105 cm³/mol. The molecule has 4 nitrogen and oxygen atoms in total. The van der Waals surface area contributed by atoms with E-state index in [1.165, 1.54) is 0 Å². The summed E-state index contributed by atoms with van der Waals surface area (Å²) in [5.74, 6) is 0.113. The number of likely N-dealkylation sites (tertiary alicyclic amines) is 1. The van der Waals surface area contributed by atoms with Gasteiger partial charge in [-0.05, 0) is 36.6 Å². The molecule has 2 aromatic rings. The van der Waals surface area contributed by atoms with E-state index in [9.17, 15) is 9.59 Å². The van der Waals surface area contributed by atoms with E-state index in [1.54, 1.807) is 11.0 Å². The molecule has 134 valence electrons. The zero-order valence-corrected chi connectivity index (χ0v) is 15.0. The van der Waals surface area contributed by atoms with Crippen molar-refractivity contribution in [2.24, 2.45) is 5.92 Å². The minimum Gasteiger partial charge on any atom is -0.339 e. The van der Waals surface area contributed by atoms with Crippen molar-refractivity contribution in [3.8, 4) is 0 Å². The number of carbonyl (C=O) groups is 2. The molecule has 2 aromatic carbocycles. The highest BCUT2D eigenvalue weighted by atomic mass is 16.2. The van der Waals surface area contributed by atoms with Gasteiger partial charge in [-0.15, -0.1) is 0 Å². The Morgan fingerprint density at radius 3 is 2.15 bits per heavy atom. The Morgan fingerprint density at radius 1 is 0.962 bits per heavy atom. The Hall–Kier alpha value is -2.88. The Labute approximate surface area is 154 Å². The summed E-state index contributed by atoms with van der Waals surface area (Å²) in [6.45, 7) is 1.24. The Kier molecular flexibility index (Phi) is 5.84. The van der Waals surface area contributed by atoms with E-state index in [4.69, 9.17) is 0 Å². The molecule has 0 aliphatic carbocycles. The lowest BCUT2D eigenvalue weighted by atomic mass is 9.95. The minimum absolute atomic E-state index is 0.0103. The zero-order valence-electron chi connectivity index (χ0n) is 15.0. The molecular formula is C22H24N2O2. The molecule has 0 unspecified atom stereocenters. The van der Waals surface area contributed by atoms with Gasteiger partial charge in [0, 0.05) is 37.8 Å². The van der Waals surface area contributed by atoms with Crippen LogP contribution in [-0.2, 0) is 9.59 Å². The van der Waals surface area contributed by atoms with Gasteiger partial charge in [0.05, 0.1) is 0 Å². The van der Waals surface area contributed by atoms with Crippen molar-refractivity contribution in [1.82, 2.24) is 4.90 Å². The summed E-state index contributed by atoms with van der Waals surface area (Å²) in [6.07, 6.45) is 4.87. The van der Waals surface area contributed by atoms with Crippen molar-refractivity contribution in [2.75, 3.05) is 25.0 Å². The SMILES string of the molecule is CN(C(=O)C1CCN(C(=O)/C=C/c2ccccc2)CC1)c1ccccc1. The third kappa shape index (κ3) is 4.39. The highest BCUT2D eigenvalue weighted by Gasteiger charge is 2.28. The van der Waals surface area contributed by atoms with Crippen molar-refractivity contribution in [3.05, 3.63) is 72.3 Å². The minimum atomic E-state index is -0.0256. The van der Waals surface area contributed by atoms with E-state index in [2.05, 4.69) is 0 Å². The number of carbonyl (C=O) groups excluding carboxylic acids is 2. The first-order valence-electron chi connectivity index (χ1n) is 9.00. The molecule has 4 heteroatoms. The maximum absolute atomic E-state index is 12.7. The molecule has 0 bridgehead atoms. The van der Waals surface area contributed by atoms with Crippen LogP contribution in [0.5, 0.6) is 0 Å². The predicted octanol–water partition coefficient (Wildman–Crippen LogP) is 3.60. The lowest BCUT2D eigenvalue weighted by Crippen LogP contribution is -2.43. The quantitative estimate of drug-likeness (QED) is 0.792. The third-order valence-electron chi connectivity index (χ3n) is 4.85. The van der Waals surface area contributed by atoms with Gasteiger partial charge >= 0.3 is 0 Å². The molecule has 3 rings (SSSR count). The van der Waals surface area contributed by atoms with Crippen molar-refractivity contribution < 1.29 is 9.59 Å². The van der Waals surface area contributed by atoms with E-state index in [-0.39, 0.29) is 17.7 Å². The Balaban J connectivity index is 1.53. The second-order valence-electron chi connectivity index (χ2n) is 6.58. The molecule has 1 saturated heterocycles. The normalized spacial score (nSPS) is 15.2. The first-order chi connectivity index (χ1) is 12.6. The second-order valence-corrected chi connectivity index (χ2v) is 6.58. The number of rotatable bonds is 4. The fourth-order valence-electron chi connectivity index (χ4n) is 3.24. The smallest absolute Gasteiger partial charge is 0.246 e. The molecule has 2 amide bonds. The van der Waals surface area contributed by atoms with E-state index >= 15 is 0 Å². The third-order valence-corrected chi connectivity index (χ3v) is 4.85. The highest BCUT2D eigenvalue weighted by Crippen LogP contribution is 2.22. The van der Waals surface area contributed by atoms with Crippen LogP contribution in [0.3, 0.4) is 0 Å². The van der Waals surface area contributed by atoms with Gasteiger partial charge in [0.15, 0.2) is 0 Å². The Bertz CT molecular complexity index is 763. The van der Waals surface area contributed by atoms with Gasteiger partial charge in [-0.2, -0.15) is 0 Å². The molecule has 1 fully saturated rings. The van der Waals surface area contributed by atoms with Crippen molar-refractivity contribution in [1.29, 1.82) is 0 Å². The van der Waals surface area contributed by atoms with E-state index in [1.807, 2.05) is 78.7 Å². The van der Waals surface area contributed by atoms with Crippen molar-refractivity contribution in [2.45, 2.75) is 12.8 Å².